The van der Waals surface area contributed by atoms with Crippen molar-refractivity contribution in [1.82, 2.24) is 0 Å². The minimum Gasteiger partial charge on any atom is -0.497 e. The highest BCUT2D eigenvalue weighted by Crippen LogP contribution is 2.15. The van der Waals surface area contributed by atoms with Crippen molar-refractivity contribution in [1.29, 1.82) is 0 Å². The van der Waals surface area contributed by atoms with Crippen molar-refractivity contribution in [2.24, 2.45) is 0 Å². The van der Waals surface area contributed by atoms with Crippen LogP contribution in [0.1, 0.15) is 19.4 Å². The van der Waals surface area contributed by atoms with Gasteiger partial charge in [-0.15, -0.1) is 0 Å². The number of nitrogens with one attached hydrogen (secondary N) is 1. The highest BCUT2D eigenvalue weighted by Gasteiger charge is 2.13. The Hall–Kier alpha value is -1.83. The molecule has 1 N–H and O–H groups in total. The van der Waals surface area contributed by atoms with Crippen molar-refractivity contribution in [2.75, 3.05) is 7.11 Å². The predicted octanol–water partition coefficient (Wildman–Crippen LogP) is 1.54. The van der Waals surface area contributed by atoms with Gasteiger partial charge in [-0.1, -0.05) is 12.1 Å². The summed E-state index contributed by atoms with van der Waals surface area (Å²) in [5.41, 5.74) is 4.82. The van der Waals surface area contributed by atoms with Gasteiger partial charge in [-0.3, -0.25) is 0 Å². The van der Waals surface area contributed by atoms with Gasteiger partial charge in [0.25, 0.3) is 0 Å². The summed E-state index contributed by atoms with van der Waals surface area (Å²) in [5, 5.41) is 0. The molecule has 0 atom stereocenters. The molecule has 0 saturated heterocycles. The van der Waals surface area contributed by atoms with Crippen LogP contribution in [0.25, 0.3) is 6.08 Å². The normalized spacial score (nSPS) is 17.3. The van der Waals surface area contributed by atoms with Crippen LogP contribution in [0.3, 0.4) is 0 Å². The summed E-state index contributed by atoms with van der Waals surface area (Å²) in [6, 6.07) is 8.06. The van der Waals surface area contributed by atoms with E-state index in [0.717, 1.165) is 5.75 Å². The molecule has 0 aromatic heterocycles. The van der Waals surface area contributed by atoms with Crippen LogP contribution in [0.5, 0.6) is 5.75 Å². The first-order valence-corrected chi connectivity index (χ1v) is 5.34. The molecule has 1 aliphatic heterocycles. The van der Waals surface area contributed by atoms with E-state index in [1.54, 1.807) is 7.11 Å². The van der Waals surface area contributed by atoms with E-state index in [9.17, 15) is 0 Å². The van der Waals surface area contributed by atoms with Crippen LogP contribution in [0, 0.1) is 0 Å². The molecule has 2 rings (SSSR count). The Labute approximate surface area is 96.0 Å². The second-order valence-corrected chi connectivity index (χ2v) is 3.95. The summed E-state index contributed by atoms with van der Waals surface area (Å²) in [7, 11) is 1.68. The second kappa shape index (κ2) is 4.35. The van der Waals surface area contributed by atoms with Gasteiger partial charge in [0.05, 0.1) is 7.11 Å². The fourth-order valence-electron chi connectivity index (χ4n) is 1.78. The van der Waals surface area contributed by atoms with Crippen molar-refractivity contribution in [2.45, 2.75) is 13.8 Å². The molecule has 1 heterocycles. The molecule has 16 heavy (non-hydrogen) atoms. The molecular formula is C14H16NO+. The average Bonchev–Trinajstić information content (AvgIpc) is 2.59. The summed E-state index contributed by atoms with van der Waals surface area (Å²) in [4.78, 5) is 3.29. The van der Waals surface area contributed by atoms with E-state index in [1.165, 1.54) is 22.5 Å². The minimum absolute atomic E-state index is 0.888. The number of rotatable bonds is 2. The SMILES string of the molecule is COc1ccc(/C=C2\C=C(C)[NH+]=C2C)cc1. The third kappa shape index (κ3) is 2.22. The van der Waals surface area contributed by atoms with E-state index in [4.69, 9.17) is 4.74 Å². The Kier molecular flexibility index (Phi) is 2.91. The molecule has 0 amide bonds. The number of hydrogen-bond acceptors (Lipinski definition) is 1. The summed E-state index contributed by atoms with van der Waals surface area (Å²) >= 11 is 0. The number of ether oxygens (including phenoxy) is 1. The molecule has 2 nitrogen and oxygen atoms in total. The van der Waals surface area contributed by atoms with Crippen LogP contribution >= 0.6 is 0 Å². The molecule has 0 bridgehead atoms. The Bertz CT molecular complexity index is 478. The highest BCUT2D eigenvalue weighted by molar-refractivity contribution is 6.02. The summed E-state index contributed by atoms with van der Waals surface area (Å²) in [6.45, 7) is 4.15. The largest absolute Gasteiger partial charge is 0.497 e. The standard InChI is InChI=1S/C14H15NO/c1-10-8-13(11(2)15-10)9-12-4-6-14(16-3)7-5-12/h4-9H,1-3H3/p+1/b13-9+. The van der Waals surface area contributed by atoms with E-state index >= 15 is 0 Å². The van der Waals surface area contributed by atoms with Crippen molar-refractivity contribution in [3.05, 3.63) is 47.2 Å². The number of benzene rings is 1. The number of allylic oxidation sites excluding steroid dienone is 3. The summed E-state index contributed by atoms with van der Waals surface area (Å²) in [6.07, 6.45) is 4.32. The first-order chi connectivity index (χ1) is 7.69. The molecule has 0 spiro atoms. The maximum absolute atomic E-state index is 5.13. The molecule has 1 aliphatic rings. The quantitative estimate of drug-likeness (QED) is 0.793. The molecule has 0 radical (unpaired) electrons. The minimum atomic E-state index is 0.888. The maximum Gasteiger partial charge on any atom is 0.184 e. The van der Waals surface area contributed by atoms with E-state index in [0.29, 0.717) is 0 Å². The van der Waals surface area contributed by atoms with E-state index in [1.807, 2.05) is 12.1 Å². The molecule has 0 unspecified atom stereocenters. The lowest BCUT2D eigenvalue weighted by Gasteiger charge is -1.99. The molecule has 2 heteroatoms. The van der Waals surface area contributed by atoms with Gasteiger partial charge in [0.15, 0.2) is 11.4 Å². The van der Waals surface area contributed by atoms with Crippen LogP contribution < -0.4 is 9.73 Å². The fraction of sp³-hybridized carbons (Fsp3) is 0.214. The highest BCUT2D eigenvalue weighted by atomic mass is 16.5. The van der Waals surface area contributed by atoms with Crippen LogP contribution in [-0.2, 0) is 0 Å². The molecule has 0 aliphatic carbocycles. The van der Waals surface area contributed by atoms with Gasteiger partial charge in [0.1, 0.15) is 5.75 Å². The zero-order valence-electron chi connectivity index (χ0n) is 9.87. The van der Waals surface area contributed by atoms with Gasteiger partial charge in [0, 0.05) is 25.5 Å². The molecule has 82 valence electrons. The maximum atomic E-state index is 5.13. The van der Waals surface area contributed by atoms with E-state index in [-0.39, 0.29) is 0 Å². The van der Waals surface area contributed by atoms with Crippen LogP contribution in [0.15, 0.2) is 41.6 Å². The fourth-order valence-corrected chi connectivity index (χ4v) is 1.78. The second-order valence-electron chi connectivity index (χ2n) is 3.95. The lowest BCUT2D eigenvalue weighted by molar-refractivity contribution is -0.392. The first-order valence-electron chi connectivity index (χ1n) is 5.34. The molecule has 1 aromatic carbocycles. The van der Waals surface area contributed by atoms with Crippen molar-refractivity contribution >= 4 is 11.8 Å². The number of hydrogen-bond donors (Lipinski definition) is 1. The third-order valence-electron chi connectivity index (χ3n) is 2.63. The lowest BCUT2D eigenvalue weighted by atomic mass is 10.1. The van der Waals surface area contributed by atoms with E-state index < -0.39 is 0 Å². The van der Waals surface area contributed by atoms with E-state index in [2.05, 4.69) is 43.1 Å². The smallest absolute Gasteiger partial charge is 0.184 e. The van der Waals surface area contributed by atoms with Gasteiger partial charge in [0.2, 0.25) is 0 Å². The summed E-state index contributed by atoms with van der Waals surface area (Å²) < 4.78 is 5.13. The molecular weight excluding hydrogens is 198 g/mol. The molecule has 0 saturated carbocycles. The lowest BCUT2D eigenvalue weighted by Crippen LogP contribution is -2.67. The van der Waals surface area contributed by atoms with Crippen molar-refractivity contribution < 1.29 is 9.73 Å². The third-order valence-corrected chi connectivity index (χ3v) is 2.63. The van der Waals surface area contributed by atoms with Crippen molar-refractivity contribution in [3.63, 3.8) is 0 Å². The molecule has 1 aromatic rings. The van der Waals surface area contributed by atoms with Crippen LogP contribution in [0.2, 0.25) is 0 Å². The first kappa shape index (κ1) is 10.7. The zero-order chi connectivity index (χ0) is 11.5. The monoisotopic (exact) mass is 214 g/mol. The Morgan fingerprint density at radius 2 is 1.81 bits per heavy atom. The average molecular weight is 214 g/mol. The van der Waals surface area contributed by atoms with Gasteiger partial charge in [-0.2, -0.15) is 0 Å². The molecule has 0 fully saturated rings. The van der Waals surface area contributed by atoms with Crippen LogP contribution in [0.4, 0.5) is 0 Å². The Morgan fingerprint density at radius 1 is 1.12 bits per heavy atom. The topological polar surface area (TPSA) is 23.2 Å². The predicted molar refractivity (Wildman–Crippen MR) is 66.4 cm³/mol. The van der Waals surface area contributed by atoms with Crippen molar-refractivity contribution in [3.8, 4) is 5.75 Å². The number of methoxy groups -OCH3 is 1. The van der Waals surface area contributed by atoms with Gasteiger partial charge in [-0.05, 0) is 23.8 Å². The van der Waals surface area contributed by atoms with Crippen LogP contribution in [-0.4, -0.2) is 12.8 Å². The van der Waals surface area contributed by atoms with Gasteiger partial charge in [-0.25, -0.2) is 4.99 Å². The summed E-state index contributed by atoms with van der Waals surface area (Å²) in [5.74, 6) is 0.888. The van der Waals surface area contributed by atoms with Gasteiger partial charge >= 0.3 is 0 Å². The Balaban J connectivity index is 2.27. The Morgan fingerprint density at radius 3 is 2.31 bits per heavy atom. The zero-order valence-corrected chi connectivity index (χ0v) is 9.87. The van der Waals surface area contributed by atoms with Gasteiger partial charge < -0.3 is 4.74 Å².